The number of hydrogen-bond donors (Lipinski definition) is 2. The summed E-state index contributed by atoms with van der Waals surface area (Å²) in [6.07, 6.45) is 7.10. The van der Waals surface area contributed by atoms with Crippen LogP contribution in [0.15, 0.2) is 37.1 Å². The van der Waals surface area contributed by atoms with Crippen LogP contribution in [0.4, 0.5) is 23.0 Å². The van der Waals surface area contributed by atoms with Gasteiger partial charge in [-0.15, -0.1) is 4.31 Å². The van der Waals surface area contributed by atoms with Crippen molar-refractivity contribution in [2.45, 2.75) is 25.4 Å². The van der Waals surface area contributed by atoms with E-state index in [4.69, 9.17) is 9.47 Å². The van der Waals surface area contributed by atoms with Gasteiger partial charge in [0.1, 0.15) is 18.1 Å². The number of methoxy groups -OCH3 is 1. The minimum atomic E-state index is -0.976. The van der Waals surface area contributed by atoms with Crippen LogP contribution in [0.3, 0.4) is 0 Å². The van der Waals surface area contributed by atoms with Gasteiger partial charge in [-0.2, -0.15) is 4.98 Å². The molecule has 1 aromatic carbocycles. The van der Waals surface area contributed by atoms with Crippen LogP contribution in [0.25, 0.3) is 0 Å². The number of nitrogens with one attached hydrogen (secondary N) is 2. The lowest BCUT2D eigenvalue weighted by atomic mass is 10.2. The van der Waals surface area contributed by atoms with Crippen molar-refractivity contribution < 1.29 is 18.8 Å². The van der Waals surface area contributed by atoms with Crippen LogP contribution in [-0.4, -0.2) is 96.4 Å². The number of carbonyl (C=O) groups is 1. The Kier molecular flexibility index (Phi) is 11.0. The Bertz CT molecular complexity index is 1090. The lowest BCUT2D eigenvalue weighted by Gasteiger charge is -2.26. The average molecular weight is 546 g/mol. The molecule has 2 atom stereocenters. The van der Waals surface area contributed by atoms with Crippen molar-refractivity contribution in [3.8, 4) is 11.6 Å². The van der Waals surface area contributed by atoms with Crippen molar-refractivity contribution in [2.75, 3.05) is 76.2 Å². The third kappa shape index (κ3) is 8.48. The van der Waals surface area contributed by atoms with Crippen LogP contribution in [0, 0.1) is 0 Å². The highest BCUT2D eigenvalue weighted by Gasteiger charge is 2.23. The van der Waals surface area contributed by atoms with Crippen LogP contribution < -0.4 is 25.0 Å². The molecule has 1 saturated heterocycles. The molecule has 1 fully saturated rings. The maximum absolute atomic E-state index is 12.2. The fourth-order valence-corrected chi connectivity index (χ4v) is 4.83. The molecule has 2 heterocycles. The molecule has 0 spiro atoms. The predicted molar refractivity (Wildman–Crippen MR) is 153 cm³/mol. The number of aromatic nitrogens is 2. The van der Waals surface area contributed by atoms with Gasteiger partial charge in [-0.25, -0.2) is 4.98 Å². The van der Waals surface area contributed by atoms with Gasteiger partial charge < -0.3 is 34.5 Å². The summed E-state index contributed by atoms with van der Waals surface area (Å²) >= 11 is -0.976. The first-order valence-electron chi connectivity index (χ1n) is 12.6. The molecule has 2 aromatic rings. The van der Waals surface area contributed by atoms with E-state index >= 15 is 0 Å². The van der Waals surface area contributed by atoms with Gasteiger partial charge in [-0.3, -0.25) is 4.79 Å². The number of hydrogen-bond acceptors (Lipinski definition) is 10. The van der Waals surface area contributed by atoms with Gasteiger partial charge in [-0.1, -0.05) is 6.58 Å². The molecular weight excluding hydrogens is 506 g/mol. The number of likely N-dealkylation sites (N-methyl/N-ethyl adjacent to an activating group) is 2. The number of anilines is 4. The van der Waals surface area contributed by atoms with E-state index in [1.807, 2.05) is 31.5 Å². The second kappa shape index (κ2) is 14.2. The highest BCUT2D eigenvalue weighted by Crippen LogP contribution is 2.38. The van der Waals surface area contributed by atoms with Gasteiger partial charge >= 0.3 is 0 Å². The summed E-state index contributed by atoms with van der Waals surface area (Å²) in [4.78, 5) is 25.2. The first-order valence-corrected chi connectivity index (χ1v) is 14.1. The Morgan fingerprint density at radius 2 is 2.05 bits per heavy atom. The van der Waals surface area contributed by atoms with E-state index in [2.05, 4.69) is 37.0 Å². The van der Waals surface area contributed by atoms with Gasteiger partial charge in [0.05, 0.1) is 24.2 Å². The largest absolute Gasteiger partial charge is 0.598 e. The van der Waals surface area contributed by atoms with Crippen LogP contribution in [0.1, 0.15) is 19.3 Å². The SMILES string of the molecule is C=CC(=O)Nc1cc(Nc2nccc(OC3CCCN([S+](C)[O-])CC3)n2)c(OC)cc1N(C)CCN(C)C. The lowest BCUT2D eigenvalue weighted by molar-refractivity contribution is -0.111. The molecule has 0 saturated carbocycles. The highest BCUT2D eigenvalue weighted by molar-refractivity contribution is 7.88. The molecular formula is C26H39N7O4S. The first kappa shape index (κ1) is 29.5. The lowest BCUT2D eigenvalue weighted by Crippen LogP contribution is -2.31. The molecule has 11 nitrogen and oxygen atoms in total. The summed E-state index contributed by atoms with van der Waals surface area (Å²) in [7, 11) is 7.57. The molecule has 12 heteroatoms. The summed E-state index contributed by atoms with van der Waals surface area (Å²) < 4.78 is 25.6. The van der Waals surface area contributed by atoms with E-state index in [1.54, 1.807) is 31.7 Å². The Labute approximate surface area is 228 Å². The van der Waals surface area contributed by atoms with Gasteiger partial charge in [0.25, 0.3) is 0 Å². The fraction of sp³-hybridized carbons (Fsp3) is 0.500. The standard InChI is InChI=1S/C26H39N7O4S/c1-7-24(34)28-20-17-21(23(36-5)18-22(20)32(4)16-15-31(2)3)29-26-27-12-10-25(30-26)37-19-9-8-13-33(14-11-19)38(6)35/h7,10,12,17-19H,1,8-9,11,13-16H2,2-6H3,(H,28,34)(H,27,29,30). The third-order valence-electron chi connectivity index (χ3n) is 6.22. The number of rotatable bonds is 12. The number of ether oxygens (including phenoxy) is 2. The second-order valence-electron chi connectivity index (χ2n) is 9.35. The molecule has 208 valence electrons. The van der Waals surface area contributed by atoms with E-state index in [-0.39, 0.29) is 12.0 Å². The maximum atomic E-state index is 12.2. The predicted octanol–water partition coefficient (Wildman–Crippen LogP) is 2.88. The summed E-state index contributed by atoms with van der Waals surface area (Å²) in [5, 5.41) is 6.09. The molecule has 2 N–H and O–H groups in total. The topological polar surface area (TPSA) is 118 Å². The number of nitrogens with zero attached hydrogens (tertiary/aromatic N) is 5. The smallest absolute Gasteiger partial charge is 0.247 e. The molecule has 1 aromatic heterocycles. The number of amides is 1. The van der Waals surface area contributed by atoms with Crippen molar-refractivity contribution >= 4 is 40.3 Å². The quantitative estimate of drug-likeness (QED) is 0.304. The minimum absolute atomic E-state index is 0.0152. The van der Waals surface area contributed by atoms with E-state index in [0.29, 0.717) is 29.0 Å². The van der Waals surface area contributed by atoms with E-state index < -0.39 is 11.4 Å². The summed E-state index contributed by atoms with van der Waals surface area (Å²) in [5.74, 6) is 1.04. The van der Waals surface area contributed by atoms with Crippen molar-refractivity contribution in [3.63, 3.8) is 0 Å². The molecule has 38 heavy (non-hydrogen) atoms. The first-order chi connectivity index (χ1) is 18.2. The van der Waals surface area contributed by atoms with Crippen molar-refractivity contribution in [1.82, 2.24) is 19.2 Å². The zero-order valence-corrected chi connectivity index (χ0v) is 23.7. The molecule has 0 radical (unpaired) electrons. The zero-order chi connectivity index (χ0) is 27.7. The van der Waals surface area contributed by atoms with Gasteiger partial charge in [-0.05, 0) is 39.1 Å². The van der Waals surface area contributed by atoms with E-state index in [1.165, 1.54) is 6.08 Å². The van der Waals surface area contributed by atoms with Crippen LogP contribution in [0.2, 0.25) is 0 Å². The van der Waals surface area contributed by atoms with Crippen LogP contribution >= 0.6 is 0 Å². The molecule has 1 amide bonds. The molecule has 1 aliphatic heterocycles. The molecule has 3 rings (SSSR count). The Morgan fingerprint density at radius 1 is 1.26 bits per heavy atom. The monoisotopic (exact) mass is 545 g/mol. The third-order valence-corrected chi connectivity index (χ3v) is 7.31. The fourth-order valence-electron chi connectivity index (χ4n) is 4.08. The van der Waals surface area contributed by atoms with Gasteiger partial charge in [0.2, 0.25) is 17.7 Å². The maximum Gasteiger partial charge on any atom is 0.247 e. The van der Waals surface area contributed by atoms with Crippen molar-refractivity contribution in [3.05, 3.63) is 37.1 Å². The molecule has 0 aliphatic carbocycles. The Balaban J connectivity index is 1.81. The number of benzene rings is 1. The van der Waals surface area contributed by atoms with E-state index in [9.17, 15) is 9.35 Å². The van der Waals surface area contributed by atoms with Crippen molar-refractivity contribution in [2.24, 2.45) is 0 Å². The molecule has 2 unspecified atom stereocenters. The zero-order valence-electron chi connectivity index (χ0n) is 22.9. The molecule has 1 aliphatic rings. The second-order valence-corrected chi connectivity index (χ2v) is 10.7. The average Bonchev–Trinajstić information content (AvgIpc) is 3.13. The van der Waals surface area contributed by atoms with Crippen LogP contribution in [0.5, 0.6) is 11.6 Å². The summed E-state index contributed by atoms with van der Waals surface area (Å²) in [5.41, 5.74) is 1.99. The summed E-state index contributed by atoms with van der Waals surface area (Å²) in [6, 6.07) is 5.39. The normalized spacial score (nSPS) is 16.9. The van der Waals surface area contributed by atoms with E-state index in [0.717, 1.165) is 51.1 Å². The highest BCUT2D eigenvalue weighted by atomic mass is 32.2. The van der Waals surface area contributed by atoms with Crippen LogP contribution in [-0.2, 0) is 16.2 Å². The Hall–Kier alpha value is -3.06. The molecule has 0 bridgehead atoms. The summed E-state index contributed by atoms with van der Waals surface area (Å²) in [6.45, 7) is 6.66. The van der Waals surface area contributed by atoms with Crippen molar-refractivity contribution in [1.29, 1.82) is 0 Å². The minimum Gasteiger partial charge on any atom is -0.598 e. The number of carbonyl (C=O) groups excluding carboxylic acids is 1. The van der Waals surface area contributed by atoms with Gasteiger partial charge in [0, 0.05) is 69.3 Å². The van der Waals surface area contributed by atoms with Gasteiger partial charge in [0.15, 0.2) is 0 Å². The Morgan fingerprint density at radius 3 is 2.74 bits per heavy atom.